The molecule has 152 valence electrons. The topological polar surface area (TPSA) is 63.6 Å². The molecule has 0 saturated heterocycles. The van der Waals surface area contributed by atoms with Gasteiger partial charge in [-0.05, 0) is 47.8 Å². The van der Waals surface area contributed by atoms with Crippen LogP contribution >= 0.6 is 0 Å². The van der Waals surface area contributed by atoms with Crippen LogP contribution in [-0.4, -0.2) is 23.7 Å². The van der Waals surface area contributed by atoms with Gasteiger partial charge in [-0.25, -0.2) is 9.59 Å². The van der Waals surface area contributed by atoms with Gasteiger partial charge in [0.25, 0.3) is 0 Å². The van der Waals surface area contributed by atoms with Gasteiger partial charge < -0.3 is 9.84 Å². The molecule has 0 bridgehead atoms. The Kier molecular flexibility index (Phi) is 10.2. The molecule has 4 heteroatoms. The van der Waals surface area contributed by atoms with Gasteiger partial charge in [0, 0.05) is 12.2 Å². The number of ether oxygens (including phenoxy) is 1. The lowest BCUT2D eigenvalue weighted by molar-refractivity contribution is -0.140. The molecule has 0 fully saturated rings. The van der Waals surface area contributed by atoms with Gasteiger partial charge in [0.05, 0.1) is 6.61 Å². The quantitative estimate of drug-likeness (QED) is 0.396. The Morgan fingerprint density at radius 2 is 1.46 bits per heavy atom. The molecular weight excluding hydrogens is 328 g/mol. The van der Waals surface area contributed by atoms with Crippen molar-refractivity contribution in [2.75, 3.05) is 6.61 Å². The fourth-order valence-electron chi connectivity index (χ4n) is 3.69. The van der Waals surface area contributed by atoms with Crippen molar-refractivity contribution in [2.45, 2.75) is 81.1 Å². The molecule has 0 heterocycles. The summed E-state index contributed by atoms with van der Waals surface area (Å²) < 4.78 is 5.33. The molecule has 0 saturated carbocycles. The molecule has 0 aromatic rings. The normalized spacial score (nSPS) is 16.3. The highest BCUT2D eigenvalue weighted by atomic mass is 16.5. The molecule has 26 heavy (non-hydrogen) atoms. The van der Waals surface area contributed by atoms with Crippen molar-refractivity contribution in [3.63, 3.8) is 0 Å². The number of esters is 1. The second-order valence-electron chi connectivity index (χ2n) is 10.3. The third-order valence-electron chi connectivity index (χ3n) is 4.53. The van der Waals surface area contributed by atoms with Crippen LogP contribution in [0.5, 0.6) is 0 Å². The Bertz CT molecular complexity index is 466. The molecule has 0 rings (SSSR count). The lowest BCUT2D eigenvalue weighted by Crippen LogP contribution is -2.25. The molecule has 4 nitrogen and oxygen atoms in total. The van der Waals surface area contributed by atoms with Crippen molar-refractivity contribution in [2.24, 2.45) is 28.6 Å². The van der Waals surface area contributed by atoms with Crippen LogP contribution < -0.4 is 0 Å². The van der Waals surface area contributed by atoms with Gasteiger partial charge in [0.15, 0.2) is 0 Å². The van der Waals surface area contributed by atoms with E-state index in [0.717, 1.165) is 31.4 Å². The van der Waals surface area contributed by atoms with Gasteiger partial charge in [-0.1, -0.05) is 61.8 Å². The van der Waals surface area contributed by atoms with E-state index in [9.17, 15) is 9.59 Å². The first kappa shape index (κ1) is 24.7. The summed E-state index contributed by atoms with van der Waals surface area (Å²) in [5.41, 5.74) is 0.544. The fraction of sp³-hybridized carbons (Fsp3) is 0.818. The van der Waals surface area contributed by atoms with E-state index < -0.39 is 11.9 Å². The van der Waals surface area contributed by atoms with Crippen molar-refractivity contribution in [3.8, 4) is 0 Å². The number of carboxylic acids is 1. The number of carboxylic acid groups (broad SMARTS) is 1. The molecular formula is C22H40O4. The van der Waals surface area contributed by atoms with Gasteiger partial charge in [-0.2, -0.15) is 0 Å². The van der Waals surface area contributed by atoms with E-state index in [1.54, 1.807) is 0 Å². The molecule has 0 aliphatic rings. The smallest absolute Gasteiger partial charge is 0.331 e. The van der Waals surface area contributed by atoms with Crippen molar-refractivity contribution in [1.82, 2.24) is 0 Å². The molecule has 0 radical (unpaired) electrons. The fourth-order valence-corrected chi connectivity index (χ4v) is 3.69. The van der Waals surface area contributed by atoms with Crippen LogP contribution in [-0.2, 0) is 14.3 Å². The largest absolute Gasteiger partial charge is 0.478 e. The summed E-state index contributed by atoms with van der Waals surface area (Å²) >= 11 is 0. The van der Waals surface area contributed by atoms with E-state index in [4.69, 9.17) is 9.84 Å². The molecule has 0 amide bonds. The van der Waals surface area contributed by atoms with E-state index in [1.165, 1.54) is 6.42 Å². The minimum Gasteiger partial charge on any atom is -0.478 e. The van der Waals surface area contributed by atoms with Crippen LogP contribution in [0.2, 0.25) is 0 Å². The summed E-state index contributed by atoms with van der Waals surface area (Å²) in [4.78, 5) is 22.2. The lowest BCUT2D eigenvalue weighted by Gasteiger charge is -2.31. The van der Waals surface area contributed by atoms with E-state index in [1.807, 2.05) is 0 Å². The van der Waals surface area contributed by atoms with Gasteiger partial charge >= 0.3 is 11.9 Å². The Balaban J connectivity index is 4.79. The molecule has 3 atom stereocenters. The molecule has 1 N–H and O–H groups in total. The Morgan fingerprint density at radius 1 is 0.923 bits per heavy atom. The standard InChI is InChI=1S/C22H40O4/c1-16(13-21(3,4)5)9-10-18(17(2)14-22(6,7)8)15-26-20(25)12-11-19(23)24/h11-12,16-18H,9-10,13-15H2,1-8H3,(H,23,24). The molecule has 0 aromatic heterocycles. The Morgan fingerprint density at radius 3 is 1.92 bits per heavy atom. The van der Waals surface area contributed by atoms with Gasteiger partial charge in [0.2, 0.25) is 0 Å². The summed E-state index contributed by atoms with van der Waals surface area (Å²) in [6.07, 6.45) is 6.17. The summed E-state index contributed by atoms with van der Waals surface area (Å²) in [5.74, 6) is -0.368. The number of rotatable bonds is 10. The molecule has 3 unspecified atom stereocenters. The van der Waals surface area contributed by atoms with Crippen LogP contribution in [0.1, 0.15) is 81.1 Å². The summed E-state index contributed by atoms with van der Waals surface area (Å²) in [5, 5.41) is 8.60. The maximum Gasteiger partial charge on any atom is 0.331 e. The molecule has 0 aromatic carbocycles. The summed E-state index contributed by atoms with van der Waals surface area (Å²) in [7, 11) is 0. The van der Waals surface area contributed by atoms with Crippen LogP contribution in [0.4, 0.5) is 0 Å². The number of carbonyl (C=O) groups is 2. The maximum absolute atomic E-state index is 11.7. The van der Waals surface area contributed by atoms with Crippen LogP contribution in [0.15, 0.2) is 12.2 Å². The highest BCUT2D eigenvalue weighted by Crippen LogP contribution is 2.33. The first-order valence-electron chi connectivity index (χ1n) is 9.77. The summed E-state index contributed by atoms with van der Waals surface area (Å²) in [6.45, 7) is 18.3. The zero-order valence-electron chi connectivity index (χ0n) is 18.1. The zero-order chi connectivity index (χ0) is 20.5. The zero-order valence-corrected chi connectivity index (χ0v) is 18.1. The number of hydrogen-bond acceptors (Lipinski definition) is 3. The van der Waals surface area contributed by atoms with Crippen molar-refractivity contribution >= 4 is 11.9 Å². The average Bonchev–Trinajstić information content (AvgIpc) is 2.40. The van der Waals surface area contributed by atoms with Crippen LogP contribution in [0.3, 0.4) is 0 Å². The van der Waals surface area contributed by atoms with Crippen LogP contribution in [0, 0.1) is 28.6 Å². The van der Waals surface area contributed by atoms with Crippen LogP contribution in [0.25, 0.3) is 0 Å². The number of hydrogen-bond donors (Lipinski definition) is 1. The highest BCUT2D eigenvalue weighted by molar-refractivity contribution is 5.90. The second-order valence-corrected chi connectivity index (χ2v) is 10.3. The first-order chi connectivity index (χ1) is 11.7. The minimum absolute atomic E-state index is 0.224. The van der Waals surface area contributed by atoms with Crippen molar-refractivity contribution in [1.29, 1.82) is 0 Å². The van der Waals surface area contributed by atoms with Gasteiger partial charge in [-0.15, -0.1) is 0 Å². The molecule has 0 aliphatic heterocycles. The Hall–Kier alpha value is -1.32. The van der Waals surface area contributed by atoms with Crippen molar-refractivity contribution < 1.29 is 19.4 Å². The third-order valence-corrected chi connectivity index (χ3v) is 4.53. The van der Waals surface area contributed by atoms with Gasteiger partial charge in [0.1, 0.15) is 0 Å². The number of carbonyl (C=O) groups excluding carboxylic acids is 1. The predicted octanol–water partition coefficient (Wildman–Crippen LogP) is 5.71. The second kappa shape index (κ2) is 10.7. The minimum atomic E-state index is -1.14. The maximum atomic E-state index is 11.7. The predicted molar refractivity (Wildman–Crippen MR) is 107 cm³/mol. The molecule has 0 aliphatic carbocycles. The molecule has 0 spiro atoms. The van der Waals surface area contributed by atoms with E-state index in [0.29, 0.717) is 29.8 Å². The van der Waals surface area contributed by atoms with E-state index >= 15 is 0 Å². The van der Waals surface area contributed by atoms with E-state index in [2.05, 4.69) is 55.4 Å². The first-order valence-corrected chi connectivity index (χ1v) is 9.77. The summed E-state index contributed by atoms with van der Waals surface area (Å²) in [6, 6.07) is 0. The SMILES string of the molecule is CC(CCC(COC(=O)C=CC(=O)O)C(C)CC(C)(C)C)CC(C)(C)C. The lowest BCUT2D eigenvalue weighted by atomic mass is 9.76. The van der Waals surface area contributed by atoms with E-state index in [-0.39, 0.29) is 5.41 Å². The Labute approximate surface area is 160 Å². The number of aliphatic carboxylic acids is 1. The third kappa shape index (κ3) is 13.9. The van der Waals surface area contributed by atoms with Gasteiger partial charge in [-0.3, -0.25) is 0 Å². The highest BCUT2D eigenvalue weighted by Gasteiger charge is 2.25. The monoisotopic (exact) mass is 368 g/mol. The average molecular weight is 369 g/mol. The van der Waals surface area contributed by atoms with Crippen molar-refractivity contribution in [3.05, 3.63) is 12.2 Å².